The van der Waals surface area contributed by atoms with Gasteiger partial charge in [-0.2, -0.15) is 0 Å². The van der Waals surface area contributed by atoms with Crippen LogP contribution in [-0.2, 0) is 4.79 Å². The summed E-state index contributed by atoms with van der Waals surface area (Å²) in [6.07, 6.45) is 26.5. The third-order valence-corrected chi connectivity index (χ3v) is 5.34. The topological polar surface area (TPSA) is 43.1 Å². The first-order valence-corrected chi connectivity index (χ1v) is 11.2. The molecule has 0 saturated heterocycles. The van der Waals surface area contributed by atoms with Crippen molar-refractivity contribution in [3.05, 3.63) is 24.3 Å². The van der Waals surface area contributed by atoms with Crippen LogP contribution in [0.25, 0.3) is 0 Å². The lowest BCUT2D eigenvalue weighted by atomic mass is 9.74. The van der Waals surface area contributed by atoms with Crippen molar-refractivity contribution in [1.29, 1.82) is 0 Å². The van der Waals surface area contributed by atoms with Crippen molar-refractivity contribution in [2.45, 2.75) is 117 Å². The van der Waals surface area contributed by atoms with E-state index >= 15 is 0 Å². The molecule has 0 heterocycles. The molecular weight excluding hydrogens is 318 g/mol. The lowest BCUT2D eigenvalue weighted by molar-refractivity contribution is -0.129. The van der Waals surface area contributed by atoms with E-state index in [-0.39, 0.29) is 11.3 Å². The number of rotatable bonds is 18. The Hall–Kier alpha value is -1.05. The average Bonchev–Trinajstić information content (AvgIpc) is 2.62. The number of allylic oxidation sites excluding steroid dienone is 4. The second-order valence-corrected chi connectivity index (χ2v) is 7.77. The third-order valence-electron chi connectivity index (χ3n) is 5.34. The standard InChI is InChI=1S/C24H45NO/c1-4-7-8-9-10-11-12-13-14-15-16-17-18-19-22-24(20-5-2,21-6-3)23(25)26/h10-11,13-14H,4-9,12,15-22H2,1-3H3,(H2,25,26)/b11-10-,14-13-. The Morgan fingerprint density at radius 1 is 0.692 bits per heavy atom. The van der Waals surface area contributed by atoms with E-state index in [4.69, 9.17) is 5.73 Å². The average molecular weight is 364 g/mol. The van der Waals surface area contributed by atoms with Gasteiger partial charge in [-0.3, -0.25) is 4.79 Å². The third kappa shape index (κ3) is 12.3. The van der Waals surface area contributed by atoms with Crippen molar-refractivity contribution >= 4 is 5.91 Å². The van der Waals surface area contributed by atoms with E-state index in [2.05, 4.69) is 45.1 Å². The van der Waals surface area contributed by atoms with E-state index in [1.807, 2.05) is 0 Å². The summed E-state index contributed by atoms with van der Waals surface area (Å²) in [4.78, 5) is 12.0. The molecule has 0 saturated carbocycles. The molecule has 1 amide bonds. The number of hydrogen-bond acceptors (Lipinski definition) is 1. The first-order valence-electron chi connectivity index (χ1n) is 11.2. The molecule has 0 aliphatic heterocycles. The number of unbranched alkanes of at least 4 members (excludes halogenated alkanes) is 7. The summed E-state index contributed by atoms with van der Waals surface area (Å²) in [5, 5.41) is 0. The fourth-order valence-electron chi connectivity index (χ4n) is 3.80. The predicted molar refractivity (Wildman–Crippen MR) is 116 cm³/mol. The van der Waals surface area contributed by atoms with E-state index in [1.54, 1.807) is 0 Å². The summed E-state index contributed by atoms with van der Waals surface area (Å²) in [5.74, 6) is -0.0770. The van der Waals surface area contributed by atoms with E-state index in [9.17, 15) is 4.79 Å². The molecule has 0 aliphatic rings. The van der Waals surface area contributed by atoms with Gasteiger partial charge in [-0.25, -0.2) is 0 Å². The van der Waals surface area contributed by atoms with Gasteiger partial charge in [0.15, 0.2) is 0 Å². The van der Waals surface area contributed by atoms with E-state index in [0.717, 1.165) is 44.9 Å². The minimum absolute atomic E-state index is 0.0770. The van der Waals surface area contributed by atoms with Crippen molar-refractivity contribution in [1.82, 2.24) is 0 Å². The van der Waals surface area contributed by atoms with Gasteiger partial charge in [-0.15, -0.1) is 0 Å². The fraction of sp³-hybridized carbons (Fsp3) is 0.792. The molecule has 0 bridgehead atoms. The van der Waals surface area contributed by atoms with E-state index < -0.39 is 0 Å². The van der Waals surface area contributed by atoms with E-state index in [0.29, 0.717) is 0 Å². The maximum absolute atomic E-state index is 12.0. The largest absolute Gasteiger partial charge is 0.369 e. The molecule has 2 heteroatoms. The molecule has 0 spiro atoms. The molecule has 0 aliphatic carbocycles. The summed E-state index contributed by atoms with van der Waals surface area (Å²) < 4.78 is 0. The molecule has 152 valence electrons. The van der Waals surface area contributed by atoms with Crippen LogP contribution in [0.2, 0.25) is 0 Å². The Kier molecular flexibility index (Phi) is 16.7. The zero-order chi connectivity index (χ0) is 19.5. The molecule has 2 N–H and O–H groups in total. The van der Waals surface area contributed by atoms with Gasteiger partial charge in [0.05, 0.1) is 0 Å². The maximum atomic E-state index is 12.0. The smallest absolute Gasteiger partial charge is 0.223 e. The van der Waals surface area contributed by atoms with Gasteiger partial charge in [0.1, 0.15) is 0 Å². The van der Waals surface area contributed by atoms with Crippen LogP contribution in [0, 0.1) is 5.41 Å². The van der Waals surface area contributed by atoms with Crippen LogP contribution >= 0.6 is 0 Å². The Morgan fingerprint density at radius 3 is 1.73 bits per heavy atom. The first kappa shape index (κ1) is 24.9. The highest BCUT2D eigenvalue weighted by molar-refractivity contribution is 5.80. The molecule has 0 unspecified atom stereocenters. The zero-order valence-electron chi connectivity index (χ0n) is 17.9. The molecule has 26 heavy (non-hydrogen) atoms. The SMILES string of the molecule is CCCCC/C=C\C/C=C\CCCCCCC(CCC)(CCC)C(N)=O. The highest BCUT2D eigenvalue weighted by Gasteiger charge is 2.33. The fourth-order valence-corrected chi connectivity index (χ4v) is 3.80. The molecule has 0 aromatic carbocycles. The number of primary amides is 1. The summed E-state index contributed by atoms with van der Waals surface area (Å²) >= 11 is 0. The van der Waals surface area contributed by atoms with Gasteiger partial charge >= 0.3 is 0 Å². The second-order valence-electron chi connectivity index (χ2n) is 7.77. The summed E-state index contributed by atoms with van der Waals surface area (Å²) in [6.45, 7) is 6.55. The van der Waals surface area contributed by atoms with Crippen LogP contribution in [0.4, 0.5) is 0 Å². The van der Waals surface area contributed by atoms with Crippen molar-refractivity contribution in [3.8, 4) is 0 Å². The summed E-state index contributed by atoms with van der Waals surface area (Å²) in [6, 6.07) is 0. The van der Waals surface area contributed by atoms with Crippen molar-refractivity contribution in [2.24, 2.45) is 11.1 Å². The number of carbonyl (C=O) groups is 1. The molecule has 2 nitrogen and oxygen atoms in total. The molecule has 0 aromatic heterocycles. The Balaban J connectivity index is 3.78. The summed E-state index contributed by atoms with van der Waals surface area (Å²) in [7, 11) is 0. The van der Waals surface area contributed by atoms with Gasteiger partial charge in [-0.05, 0) is 51.4 Å². The molecule has 0 rings (SSSR count). The van der Waals surface area contributed by atoms with Crippen LogP contribution in [0.5, 0.6) is 0 Å². The number of carbonyl (C=O) groups excluding carboxylic acids is 1. The van der Waals surface area contributed by atoms with Gasteiger partial charge < -0.3 is 5.73 Å². The zero-order valence-corrected chi connectivity index (χ0v) is 17.9. The first-order chi connectivity index (χ1) is 12.6. The lowest BCUT2D eigenvalue weighted by Gasteiger charge is -2.30. The molecule has 0 fully saturated rings. The quantitative estimate of drug-likeness (QED) is 0.199. The second kappa shape index (κ2) is 17.4. The van der Waals surface area contributed by atoms with Gasteiger partial charge in [-0.1, -0.05) is 90.0 Å². The van der Waals surface area contributed by atoms with Crippen molar-refractivity contribution in [2.75, 3.05) is 0 Å². The monoisotopic (exact) mass is 363 g/mol. The Bertz CT molecular complexity index is 378. The number of hydrogen-bond donors (Lipinski definition) is 1. The van der Waals surface area contributed by atoms with Crippen LogP contribution in [0.3, 0.4) is 0 Å². The Labute approximate surface area is 163 Å². The van der Waals surface area contributed by atoms with Crippen molar-refractivity contribution < 1.29 is 4.79 Å². The molecular formula is C24H45NO. The predicted octanol–water partition coefficient (Wildman–Crippen LogP) is 7.48. The Morgan fingerprint density at radius 2 is 1.23 bits per heavy atom. The molecule has 0 atom stereocenters. The van der Waals surface area contributed by atoms with Gasteiger partial charge in [0.25, 0.3) is 0 Å². The highest BCUT2D eigenvalue weighted by atomic mass is 16.1. The maximum Gasteiger partial charge on any atom is 0.223 e. The minimum Gasteiger partial charge on any atom is -0.369 e. The van der Waals surface area contributed by atoms with Crippen molar-refractivity contribution in [3.63, 3.8) is 0 Å². The van der Waals surface area contributed by atoms with Gasteiger partial charge in [0, 0.05) is 5.41 Å². The number of amides is 1. The minimum atomic E-state index is -0.243. The summed E-state index contributed by atoms with van der Waals surface area (Å²) in [5.41, 5.74) is 5.50. The van der Waals surface area contributed by atoms with Crippen LogP contribution in [0.15, 0.2) is 24.3 Å². The molecule has 0 aromatic rings. The normalized spacial score (nSPS) is 12.4. The highest BCUT2D eigenvalue weighted by Crippen LogP contribution is 2.35. The number of nitrogens with two attached hydrogens (primary N) is 1. The molecule has 0 radical (unpaired) electrons. The van der Waals surface area contributed by atoms with Crippen LogP contribution in [-0.4, -0.2) is 5.91 Å². The van der Waals surface area contributed by atoms with Crippen LogP contribution < -0.4 is 5.73 Å². The lowest BCUT2D eigenvalue weighted by Crippen LogP contribution is -2.37. The van der Waals surface area contributed by atoms with Gasteiger partial charge in [0.2, 0.25) is 5.91 Å². The van der Waals surface area contributed by atoms with Crippen LogP contribution in [0.1, 0.15) is 117 Å². The van der Waals surface area contributed by atoms with E-state index in [1.165, 1.54) is 51.4 Å².